The Bertz CT molecular complexity index is 1660. The zero-order valence-corrected chi connectivity index (χ0v) is 41.2. The SMILES string of the molecule is CC(ON1C(C)(C)CC2(COC(C)(COC(=O)CCCCCCC(=O)OCC3(C)COC4(CC(C)(C)N(OC(C)c5ccccc5)C(C)(C)C4)OC3)OC2)CC1(C)C)c1ccccc1. The van der Waals surface area contributed by atoms with Gasteiger partial charge in [-0.3, -0.25) is 19.3 Å². The minimum atomic E-state index is -0.998. The van der Waals surface area contributed by atoms with E-state index in [9.17, 15) is 9.59 Å². The molecule has 2 atom stereocenters. The Morgan fingerprint density at radius 2 is 0.922 bits per heavy atom. The maximum absolute atomic E-state index is 12.8. The second-order valence-corrected chi connectivity index (χ2v) is 22.6. The molecule has 4 saturated heterocycles. The average Bonchev–Trinajstić information content (AvgIpc) is 3.23. The molecule has 6 rings (SSSR count). The molecule has 2 aromatic carbocycles. The first-order valence-corrected chi connectivity index (χ1v) is 23.8. The molecule has 0 saturated carbocycles. The van der Waals surface area contributed by atoms with Gasteiger partial charge >= 0.3 is 11.9 Å². The largest absolute Gasteiger partial charge is 0.465 e. The van der Waals surface area contributed by atoms with Gasteiger partial charge in [-0.2, -0.15) is 10.1 Å². The van der Waals surface area contributed by atoms with Gasteiger partial charge in [0.15, 0.2) is 11.6 Å². The van der Waals surface area contributed by atoms with Crippen LogP contribution in [-0.4, -0.2) is 95.4 Å². The standard InChI is InChI=1S/C52H80N2O10/c1-39(41-23-17-15-18-24-41)63-53-45(3,4)29-51(30-46(53,5)6)37-59-50(12,60-38-51)36-58-44(56)28-22-14-13-21-27-43(55)57-33-49(11)34-61-52(62-35-49)31-47(7,8)54(48(9,10)32-52)64-40(2)42-25-19-16-20-26-42/h15-20,23-26,39-40H,13-14,21-22,27-38H2,1-12H3. The Kier molecular flexibility index (Phi) is 15.6. The highest BCUT2D eigenvalue weighted by Gasteiger charge is 2.59. The zero-order valence-electron chi connectivity index (χ0n) is 41.2. The van der Waals surface area contributed by atoms with E-state index in [1.54, 1.807) is 0 Å². The van der Waals surface area contributed by atoms with Gasteiger partial charge in [0.1, 0.15) is 25.4 Å². The quantitative estimate of drug-likeness (QED) is 0.111. The lowest BCUT2D eigenvalue weighted by molar-refractivity contribution is -0.389. The number of carbonyl (C=O) groups excluding carboxylic acids is 2. The van der Waals surface area contributed by atoms with Crippen molar-refractivity contribution < 1.29 is 47.7 Å². The number of carbonyl (C=O) groups is 2. The number of piperidine rings is 2. The molecule has 0 amide bonds. The van der Waals surface area contributed by atoms with Gasteiger partial charge < -0.3 is 28.4 Å². The van der Waals surface area contributed by atoms with E-state index in [-0.39, 0.29) is 64.9 Å². The summed E-state index contributed by atoms with van der Waals surface area (Å²) in [5.74, 6) is -2.25. The van der Waals surface area contributed by atoms with Crippen molar-refractivity contribution in [3.63, 3.8) is 0 Å². The predicted octanol–water partition coefficient (Wildman–Crippen LogP) is 10.6. The van der Waals surface area contributed by atoms with Crippen molar-refractivity contribution in [1.82, 2.24) is 10.1 Å². The maximum Gasteiger partial charge on any atom is 0.305 e. The van der Waals surface area contributed by atoms with Crippen molar-refractivity contribution in [2.24, 2.45) is 10.8 Å². The normalized spacial score (nSPS) is 25.0. The lowest BCUT2D eigenvalue weighted by Crippen LogP contribution is -2.68. The number of ether oxygens (including phenoxy) is 6. The maximum atomic E-state index is 12.8. The van der Waals surface area contributed by atoms with Crippen LogP contribution in [0.5, 0.6) is 0 Å². The molecule has 12 nitrogen and oxygen atoms in total. The molecule has 4 aliphatic heterocycles. The fourth-order valence-electron chi connectivity index (χ4n) is 11.1. The number of hydrogen-bond donors (Lipinski definition) is 0. The fourth-order valence-corrected chi connectivity index (χ4v) is 11.1. The van der Waals surface area contributed by atoms with Crippen molar-refractivity contribution >= 4 is 11.9 Å². The molecule has 0 radical (unpaired) electrons. The molecule has 2 aromatic rings. The van der Waals surface area contributed by atoms with E-state index in [2.05, 4.69) is 104 Å². The van der Waals surface area contributed by atoms with Gasteiger partial charge in [0, 0.05) is 58.7 Å². The van der Waals surface area contributed by atoms with E-state index in [1.165, 1.54) is 0 Å². The molecule has 4 heterocycles. The van der Waals surface area contributed by atoms with E-state index in [1.807, 2.05) is 50.2 Å². The van der Waals surface area contributed by atoms with Crippen LogP contribution in [-0.2, 0) is 47.7 Å². The topological polar surface area (TPSA) is 114 Å². The lowest BCUT2D eigenvalue weighted by atomic mass is 9.65. The van der Waals surface area contributed by atoms with E-state index in [4.69, 9.17) is 38.1 Å². The molecular formula is C52H80N2O10. The Labute approximate surface area is 384 Å². The van der Waals surface area contributed by atoms with Crippen LogP contribution in [0.1, 0.15) is 171 Å². The minimum absolute atomic E-state index is 0.0401. The highest BCUT2D eigenvalue weighted by Crippen LogP contribution is 2.52. The third-order valence-electron chi connectivity index (χ3n) is 13.6. The van der Waals surface area contributed by atoms with Gasteiger partial charge in [0.25, 0.3) is 0 Å². The van der Waals surface area contributed by atoms with Crippen LogP contribution in [0.15, 0.2) is 60.7 Å². The van der Waals surface area contributed by atoms with Crippen LogP contribution in [0.4, 0.5) is 0 Å². The van der Waals surface area contributed by atoms with Gasteiger partial charge in [-0.1, -0.05) is 80.4 Å². The molecule has 4 aliphatic rings. The zero-order chi connectivity index (χ0) is 46.7. The summed E-state index contributed by atoms with van der Waals surface area (Å²) in [7, 11) is 0. The molecular weight excluding hydrogens is 813 g/mol. The van der Waals surface area contributed by atoms with Crippen molar-refractivity contribution in [3.05, 3.63) is 71.8 Å². The monoisotopic (exact) mass is 893 g/mol. The Morgan fingerprint density at radius 1 is 0.531 bits per heavy atom. The number of esters is 2. The molecule has 0 bridgehead atoms. The summed E-state index contributed by atoms with van der Waals surface area (Å²) in [5.41, 5.74) is 0.379. The molecule has 358 valence electrons. The van der Waals surface area contributed by atoms with Gasteiger partial charge in [-0.15, -0.1) is 0 Å². The number of unbranched alkanes of at least 4 members (excludes halogenated alkanes) is 3. The highest BCUT2D eigenvalue weighted by molar-refractivity contribution is 5.69. The molecule has 0 aliphatic carbocycles. The summed E-state index contributed by atoms with van der Waals surface area (Å²) < 4.78 is 37.3. The Hall–Kier alpha value is -2.94. The fraction of sp³-hybridized carbons (Fsp3) is 0.731. The summed E-state index contributed by atoms with van der Waals surface area (Å²) in [6, 6.07) is 20.6. The summed E-state index contributed by atoms with van der Waals surface area (Å²) >= 11 is 0. The molecule has 0 N–H and O–H groups in total. The van der Waals surface area contributed by atoms with Crippen molar-refractivity contribution in [1.29, 1.82) is 0 Å². The smallest absolute Gasteiger partial charge is 0.305 e. The average molecular weight is 893 g/mol. The van der Waals surface area contributed by atoms with E-state index < -0.39 is 17.0 Å². The van der Waals surface area contributed by atoms with Crippen LogP contribution in [0.3, 0.4) is 0 Å². The van der Waals surface area contributed by atoms with Crippen LogP contribution in [0.2, 0.25) is 0 Å². The molecule has 2 spiro atoms. The second kappa shape index (κ2) is 19.7. The van der Waals surface area contributed by atoms with Gasteiger partial charge in [0.2, 0.25) is 0 Å². The second-order valence-electron chi connectivity index (χ2n) is 22.6. The third-order valence-corrected chi connectivity index (χ3v) is 13.6. The highest BCUT2D eigenvalue weighted by atomic mass is 16.7. The first kappa shape index (κ1) is 50.5. The molecule has 64 heavy (non-hydrogen) atoms. The molecule has 2 unspecified atom stereocenters. The summed E-state index contributed by atoms with van der Waals surface area (Å²) in [4.78, 5) is 38.8. The first-order chi connectivity index (χ1) is 29.9. The van der Waals surface area contributed by atoms with Crippen molar-refractivity contribution in [3.8, 4) is 0 Å². The van der Waals surface area contributed by atoms with Crippen molar-refractivity contribution in [2.45, 2.75) is 193 Å². The number of hydrogen-bond acceptors (Lipinski definition) is 12. The third kappa shape index (κ3) is 12.5. The van der Waals surface area contributed by atoms with Gasteiger partial charge in [-0.25, -0.2) is 0 Å². The first-order valence-electron chi connectivity index (χ1n) is 23.8. The Balaban J connectivity index is 0.838. The predicted molar refractivity (Wildman–Crippen MR) is 245 cm³/mol. The van der Waals surface area contributed by atoms with Crippen molar-refractivity contribution in [2.75, 3.05) is 39.6 Å². The number of hydroxylamine groups is 4. The van der Waals surface area contributed by atoms with E-state index in [0.29, 0.717) is 65.0 Å². The summed E-state index contributed by atoms with van der Waals surface area (Å²) in [6.07, 6.45) is 6.42. The van der Waals surface area contributed by atoms with Crippen LogP contribution < -0.4 is 0 Å². The van der Waals surface area contributed by atoms with Gasteiger partial charge in [-0.05, 0) is 113 Å². The Morgan fingerprint density at radius 3 is 1.34 bits per heavy atom. The van der Waals surface area contributed by atoms with Crippen LogP contribution >= 0.6 is 0 Å². The number of benzene rings is 2. The molecule has 0 aromatic heterocycles. The number of rotatable bonds is 17. The summed E-state index contributed by atoms with van der Waals surface area (Å²) in [5, 5.41) is 4.31. The minimum Gasteiger partial charge on any atom is -0.465 e. The van der Waals surface area contributed by atoms with Crippen LogP contribution in [0.25, 0.3) is 0 Å². The van der Waals surface area contributed by atoms with E-state index in [0.717, 1.165) is 36.8 Å². The van der Waals surface area contributed by atoms with Crippen LogP contribution in [0, 0.1) is 10.8 Å². The van der Waals surface area contributed by atoms with E-state index >= 15 is 0 Å². The lowest BCUT2D eigenvalue weighted by Gasteiger charge is -2.60. The number of nitrogens with zero attached hydrogens (tertiary/aromatic N) is 2. The molecule has 12 heteroatoms. The van der Waals surface area contributed by atoms with Gasteiger partial charge in [0.05, 0.1) is 26.4 Å². The summed E-state index contributed by atoms with van der Waals surface area (Å²) in [6.45, 7) is 27.8. The molecule has 4 fully saturated rings.